The van der Waals surface area contributed by atoms with Crippen LogP contribution in [0.25, 0.3) is 67.5 Å². The van der Waals surface area contributed by atoms with Gasteiger partial charge in [-0.25, -0.2) is 19.6 Å². The summed E-state index contributed by atoms with van der Waals surface area (Å²) in [5, 5.41) is 15.6. The Morgan fingerprint density at radius 3 is 1.30 bits per heavy atom. The van der Waals surface area contributed by atoms with Gasteiger partial charge < -0.3 is 8.83 Å². The largest absolute Gasteiger partial charge is 0.422 e. The highest BCUT2D eigenvalue weighted by Gasteiger charge is 2.14. The first-order valence-corrected chi connectivity index (χ1v) is 13.6. The molecule has 10 heteroatoms. The number of nitrogens with zero attached hydrogens (tertiary/aromatic N) is 4. The molecule has 4 aromatic heterocycles. The molecule has 2 N–H and O–H groups in total. The van der Waals surface area contributed by atoms with Crippen LogP contribution in [-0.4, -0.2) is 30.4 Å². The van der Waals surface area contributed by atoms with Crippen LogP contribution in [0.4, 0.5) is 0 Å². The van der Waals surface area contributed by atoms with Crippen LogP contribution in [0.15, 0.2) is 140 Å². The van der Waals surface area contributed by atoms with Gasteiger partial charge in [0.05, 0.1) is 0 Å². The van der Waals surface area contributed by atoms with E-state index < -0.39 is 11.3 Å². The molecule has 0 bridgehead atoms. The molecule has 0 radical (unpaired) electrons. The van der Waals surface area contributed by atoms with Crippen LogP contribution in [0, 0.1) is 0 Å². The normalized spacial score (nSPS) is 10.9. The van der Waals surface area contributed by atoms with Crippen LogP contribution < -0.4 is 11.3 Å². The van der Waals surface area contributed by atoms with Crippen molar-refractivity contribution < 1.29 is 8.83 Å². The molecule has 0 saturated carbocycles. The number of hydrogen-bond acceptors (Lipinski definition) is 8. The molecule has 0 aliphatic heterocycles. The number of H-pyrrole nitrogens is 2. The molecule has 0 amide bonds. The van der Waals surface area contributed by atoms with E-state index >= 15 is 0 Å². The number of benzene rings is 4. The van der Waals surface area contributed by atoms with E-state index in [2.05, 4.69) is 30.4 Å². The molecule has 8 rings (SSSR count). The highest BCUT2D eigenvalue weighted by atomic mass is 16.4. The summed E-state index contributed by atoms with van der Waals surface area (Å²) in [5.74, 6) is 1.89. The first-order chi connectivity index (χ1) is 21.6. The molecule has 0 aliphatic carbocycles. The monoisotopic (exact) mass is 578 g/mol. The molecule has 0 atom stereocenters. The lowest BCUT2D eigenvalue weighted by Gasteiger charge is -1.98. The minimum Gasteiger partial charge on any atom is -0.422 e. The van der Waals surface area contributed by atoms with Crippen LogP contribution >= 0.6 is 0 Å². The van der Waals surface area contributed by atoms with Crippen molar-refractivity contribution >= 4 is 21.9 Å². The lowest BCUT2D eigenvalue weighted by molar-refractivity contribution is 0.562. The van der Waals surface area contributed by atoms with Gasteiger partial charge in [0.1, 0.15) is 22.3 Å². The molecule has 4 aromatic carbocycles. The fourth-order valence-corrected chi connectivity index (χ4v) is 4.65. The zero-order valence-corrected chi connectivity index (χ0v) is 23.0. The molecule has 0 spiro atoms. The average molecular weight is 579 g/mol. The first kappa shape index (κ1) is 26.5. The van der Waals surface area contributed by atoms with Gasteiger partial charge in [-0.15, -0.1) is 0 Å². The Morgan fingerprint density at radius 2 is 0.864 bits per heavy atom. The van der Waals surface area contributed by atoms with Gasteiger partial charge in [-0.3, -0.25) is 10.2 Å². The van der Waals surface area contributed by atoms with E-state index in [0.717, 1.165) is 21.9 Å². The van der Waals surface area contributed by atoms with E-state index in [1.165, 1.54) is 0 Å². The maximum atomic E-state index is 12.1. The molecular weight excluding hydrogens is 556 g/mol. The minimum absolute atomic E-state index is 0.369. The maximum absolute atomic E-state index is 12.1. The zero-order valence-electron chi connectivity index (χ0n) is 23.0. The highest BCUT2D eigenvalue weighted by molar-refractivity contribution is 5.81. The smallest absolute Gasteiger partial charge is 0.347 e. The van der Waals surface area contributed by atoms with E-state index in [4.69, 9.17) is 8.83 Å². The third-order valence-electron chi connectivity index (χ3n) is 6.83. The third kappa shape index (κ3) is 5.30. The molecular formula is C34H22N6O4. The second-order valence-corrected chi connectivity index (χ2v) is 9.72. The molecule has 4 heterocycles. The minimum atomic E-state index is -0.436. The van der Waals surface area contributed by atoms with Crippen molar-refractivity contribution in [2.24, 2.45) is 0 Å². The zero-order chi connectivity index (χ0) is 29.9. The highest BCUT2D eigenvalue weighted by Crippen LogP contribution is 2.22. The lowest BCUT2D eigenvalue weighted by Crippen LogP contribution is -2.03. The van der Waals surface area contributed by atoms with Crippen LogP contribution in [0.1, 0.15) is 0 Å². The van der Waals surface area contributed by atoms with Gasteiger partial charge in [-0.2, -0.15) is 10.2 Å². The maximum Gasteiger partial charge on any atom is 0.347 e. The van der Waals surface area contributed by atoms with Crippen molar-refractivity contribution in [1.82, 2.24) is 30.4 Å². The lowest BCUT2D eigenvalue weighted by atomic mass is 10.2. The van der Waals surface area contributed by atoms with Gasteiger partial charge in [-0.1, -0.05) is 97.1 Å². The Bertz CT molecular complexity index is 2170. The predicted molar refractivity (Wildman–Crippen MR) is 167 cm³/mol. The number of aromatic nitrogens is 6. The molecule has 8 aromatic rings. The number of para-hydroxylation sites is 2. The van der Waals surface area contributed by atoms with Gasteiger partial charge in [0.2, 0.25) is 0 Å². The number of aromatic amines is 2. The Hall–Kier alpha value is -6.42. The summed E-state index contributed by atoms with van der Waals surface area (Å²) in [4.78, 5) is 33.0. The van der Waals surface area contributed by atoms with Gasteiger partial charge in [0.25, 0.3) is 0 Å². The number of fused-ring (bicyclic) bond motifs is 2. The Labute approximate surface area is 248 Å². The van der Waals surface area contributed by atoms with Crippen LogP contribution in [-0.2, 0) is 0 Å². The second-order valence-electron chi connectivity index (χ2n) is 9.72. The molecule has 0 unspecified atom stereocenters. The molecule has 0 fully saturated rings. The number of nitrogens with one attached hydrogen (secondary N) is 2. The van der Waals surface area contributed by atoms with Crippen molar-refractivity contribution in [2.75, 3.05) is 0 Å². The quantitative estimate of drug-likeness (QED) is 0.226. The van der Waals surface area contributed by atoms with E-state index in [-0.39, 0.29) is 0 Å². The number of hydrogen-bond donors (Lipinski definition) is 2. The summed E-state index contributed by atoms with van der Waals surface area (Å²) in [5.41, 5.74) is 2.74. The van der Waals surface area contributed by atoms with Crippen LogP contribution in [0.3, 0.4) is 0 Å². The second kappa shape index (κ2) is 11.5. The van der Waals surface area contributed by atoms with Crippen molar-refractivity contribution in [3.63, 3.8) is 0 Å². The standard InChI is InChI=1S/2C17H11N3O2/c2*21-17-13(10-12-8-4-5-9-14(12)22-17)16-18-15(19-20-16)11-6-2-1-3-7-11/h2*1-10H,(H,18,19,20). The Balaban J connectivity index is 0.000000142. The van der Waals surface area contributed by atoms with Crippen molar-refractivity contribution in [1.29, 1.82) is 0 Å². The van der Waals surface area contributed by atoms with Gasteiger partial charge in [-0.05, 0) is 24.3 Å². The summed E-state index contributed by atoms with van der Waals surface area (Å²) < 4.78 is 10.6. The Kier molecular flexibility index (Phi) is 6.89. The molecule has 212 valence electrons. The van der Waals surface area contributed by atoms with Crippen molar-refractivity contribution in [2.45, 2.75) is 0 Å². The SMILES string of the molecule is O=c1oc2ccccc2cc1-c1nc(-c2ccccc2)n[nH]1.O=c1oc2ccccc2cc1-c1nc(-c2ccccc2)n[nH]1. The summed E-state index contributed by atoms with van der Waals surface area (Å²) >= 11 is 0. The van der Waals surface area contributed by atoms with Crippen LogP contribution in [0.5, 0.6) is 0 Å². The van der Waals surface area contributed by atoms with E-state index in [0.29, 0.717) is 45.6 Å². The van der Waals surface area contributed by atoms with Gasteiger partial charge in [0.15, 0.2) is 23.3 Å². The fraction of sp³-hybridized carbons (Fsp3) is 0. The summed E-state index contributed by atoms with van der Waals surface area (Å²) in [6, 6.07) is 37.4. The van der Waals surface area contributed by atoms with Crippen molar-refractivity contribution in [3.05, 3.63) is 142 Å². The van der Waals surface area contributed by atoms with Crippen LogP contribution in [0.2, 0.25) is 0 Å². The van der Waals surface area contributed by atoms with E-state index in [1.54, 1.807) is 24.3 Å². The summed E-state index contributed by atoms with van der Waals surface area (Å²) in [6.45, 7) is 0. The van der Waals surface area contributed by atoms with Gasteiger partial charge in [0, 0.05) is 21.9 Å². The van der Waals surface area contributed by atoms with E-state index in [9.17, 15) is 9.59 Å². The molecule has 10 nitrogen and oxygen atoms in total. The molecule has 44 heavy (non-hydrogen) atoms. The third-order valence-corrected chi connectivity index (χ3v) is 6.83. The van der Waals surface area contributed by atoms with Crippen molar-refractivity contribution in [3.8, 4) is 45.6 Å². The molecule has 0 saturated heterocycles. The summed E-state index contributed by atoms with van der Waals surface area (Å²) in [6.07, 6.45) is 0. The molecule has 0 aliphatic rings. The average Bonchev–Trinajstić information content (AvgIpc) is 3.77. The van der Waals surface area contributed by atoms with Gasteiger partial charge >= 0.3 is 11.3 Å². The Morgan fingerprint density at radius 1 is 0.477 bits per heavy atom. The summed E-state index contributed by atoms with van der Waals surface area (Å²) in [7, 11) is 0. The number of rotatable bonds is 4. The van der Waals surface area contributed by atoms with E-state index in [1.807, 2.05) is 97.1 Å². The predicted octanol–water partition coefficient (Wildman–Crippen LogP) is 6.49. The fourth-order valence-electron chi connectivity index (χ4n) is 4.65. The topological polar surface area (TPSA) is 144 Å². The first-order valence-electron chi connectivity index (χ1n) is 13.6.